The van der Waals surface area contributed by atoms with Crippen LogP contribution in [-0.2, 0) is 0 Å². The van der Waals surface area contributed by atoms with Gasteiger partial charge in [-0.05, 0) is 30.2 Å². The van der Waals surface area contributed by atoms with Crippen molar-refractivity contribution in [2.45, 2.75) is 12.8 Å². The highest BCUT2D eigenvalue weighted by Gasteiger charge is 2.42. The van der Waals surface area contributed by atoms with Crippen LogP contribution in [0.1, 0.15) is 22.6 Å². The normalized spacial score (nSPS) is 18.5. The van der Waals surface area contributed by atoms with Gasteiger partial charge in [0, 0.05) is 16.0 Å². The summed E-state index contributed by atoms with van der Waals surface area (Å²) >= 11 is 12.9. The van der Waals surface area contributed by atoms with Gasteiger partial charge in [-0.1, -0.05) is 59.1 Å². The Kier molecular flexibility index (Phi) is 4.39. The molecule has 0 saturated heterocycles. The standard InChI is InChI=1S/C20H14Cl2N4O/c1-10-5-7-11(8-6-10)18-17-15(16-13(21)3-2-4-14(16)22)12(9-23)19(24)27-20(17)26-25-18/h2-8,12,15,24H,1H3,(H,25,26). The Morgan fingerprint density at radius 2 is 1.78 bits per heavy atom. The van der Waals surface area contributed by atoms with E-state index in [0.717, 1.165) is 16.8 Å². The summed E-state index contributed by atoms with van der Waals surface area (Å²) in [7, 11) is 0. The van der Waals surface area contributed by atoms with Crippen molar-refractivity contribution in [3.63, 3.8) is 0 Å². The quantitative estimate of drug-likeness (QED) is 0.613. The van der Waals surface area contributed by atoms with Crippen LogP contribution in [0, 0.1) is 29.6 Å². The fourth-order valence-electron chi connectivity index (χ4n) is 3.38. The molecule has 7 heteroatoms. The fourth-order valence-corrected chi connectivity index (χ4v) is 4.01. The Balaban J connectivity index is 1.99. The minimum Gasteiger partial charge on any atom is -0.422 e. The molecule has 2 N–H and O–H groups in total. The van der Waals surface area contributed by atoms with Gasteiger partial charge in [0.2, 0.25) is 11.8 Å². The molecule has 1 aliphatic rings. The number of halogens is 2. The number of hydrogen-bond acceptors (Lipinski definition) is 4. The zero-order valence-electron chi connectivity index (χ0n) is 14.3. The van der Waals surface area contributed by atoms with E-state index in [9.17, 15) is 5.26 Å². The van der Waals surface area contributed by atoms with E-state index >= 15 is 0 Å². The number of fused-ring (bicyclic) bond motifs is 1. The minimum absolute atomic E-state index is 0.173. The summed E-state index contributed by atoms with van der Waals surface area (Å²) in [6.07, 6.45) is 0. The fraction of sp³-hybridized carbons (Fsp3) is 0.150. The van der Waals surface area contributed by atoms with Crippen molar-refractivity contribution in [3.05, 3.63) is 69.2 Å². The summed E-state index contributed by atoms with van der Waals surface area (Å²) < 4.78 is 5.52. The zero-order valence-corrected chi connectivity index (χ0v) is 15.8. The molecule has 0 bridgehead atoms. The Morgan fingerprint density at radius 3 is 2.41 bits per heavy atom. The molecule has 0 fully saturated rings. The third-order valence-electron chi connectivity index (χ3n) is 4.69. The molecule has 5 nitrogen and oxygen atoms in total. The van der Waals surface area contributed by atoms with Crippen molar-refractivity contribution in [3.8, 4) is 23.2 Å². The Bertz CT molecular complexity index is 1060. The van der Waals surface area contributed by atoms with Crippen molar-refractivity contribution in [2.24, 2.45) is 5.92 Å². The maximum Gasteiger partial charge on any atom is 0.244 e. The van der Waals surface area contributed by atoms with E-state index < -0.39 is 11.8 Å². The van der Waals surface area contributed by atoms with Gasteiger partial charge in [-0.25, -0.2) is 0 Å². The van der Waals surface area contributed by atoms with Crippen LogP contribution >= 0.6 is 23.2 Å². The third-order valence-corrected chi connectivity index (χ3v) is 5.35. The first-order valence-electron chi connectivity index (χ1n) is 8.26. The molecule has 2 unspecified atom stereocenters. The van der Waals surface area contributed by atoms with Crippen LogP contribution in [0.5, 0.6) is 5.88 Å². The number of nitriles is 1. The van der Waals surface area contributed by atoms with Gasteiger partial charge in [-0.3, -0.25) is 10.5 Å². The molecular formula is C20H14Cl2N4O. The number of ether oxygens (including phenoxy) is 1. The monoisotopic (exact) mass is 396 g/mol. The summed E-state index contributed by atoms with van der Waals surface area (Å²) in [5.41, 5.74) is 4.02. The van der Waals surface area contributed by atoms with E-state index in [-0.39, 0.29) is 11.8 Å². The predicted octanol–water partition coefficient (Wildman–Crippen LogP) is 5.33. The van der Waals surface area contributed by atoms with Crippen molar-refractivity contribution >= 4 is 29.1 Å². The molecular weight excluding hydrogens is 383 g/mol. The number of hydrogen-bond donors (Lipinski definition) is 2. The highest BCUT2D eigenvalue weighted by molar-refractivity contribution is 6.36. The Labute approximate surface area is 166 Å². The van der Waals surface area contributed by atoms with Gasteiger partial charge in [-0.2, -0.15) is 5.26 Å². The summed E-state index contributed by atoms with van der Waals surface area (Å²) in [5.74, 6) is -1.34. The second-order valence-corrected chi connectivity index (χ2v) is 7.18. The second-order valence-electron chi connectivity index (χ2n) is 6.37. The van der Waals surface area contributed by atoms with Gasteiger partial charge in [0.1, 0.15) is 5.92 Å². The zero-order chi connectivity index (χ0) is 19.1. The lowest BCUT2D eigenvalue weighted by Gasteiger charge is -2.29. The molecule has 4 rings (SSSR count). The number of aromatic nitrogens is 2. The molecule has 0 amide bonds. The van der Waals surface area contributed by atoms with E-state index in [1.165, 1.54) is 0 Å². The molecule has 0 aliphatic carbocycles. The summed E-state index contributed by atoms with van der Waals surface area (Å²) in [6.45, 7) is 2.01. The first kappa shape index (κ1) is 17.6. The number of benzene rings is 2. The summed E-state index contributed by atoms with van der Waals surface area (Å²) in [5, 5.41) is 26.0. The molecule has 0 spiro atoms. The van der Waals surface area contributed by atoms with Crippen LogP contribution < -0.4 is 4.74 Å². The summed E-state index contributed by atoms with van der Waals surface area (Å²) in [4.78, 5) is 0. The lowest BCUT2D eigenvalue weighted by atomic mass is 9.78. The van der Waals surface area contributed by atoms with E-state index in [1.54, 1.807) is 18.2 Å². The van der Waals surface area contributed by atoms with Gasteiger partial charge in [0.25, 0.3) is 0 Å². The molecule has 0 radical (unpaired) electrons. The average molecular weight is 397 g/mol. The molecule has 1 aromatic heterocycles. The van der Waals surface area contributed by atoms with E-state index in [0.29, 0.717) is 21.2 Å². The van der Waals surface area contributed by atoms with Crippen molar-refractivity contribution in [1.82, 2.24) is 10.2 Å². The largest absolute Gasteiger partial charge is 0.422 e. The van der Waals surface area contributed by atoms with Crippen LogP contribution in [0.2, 0.25) is 10.0 Å². The van der Waals surface area contributed by atoms with Gasteiger partial charge in [0.05, 0.1) is 17.3 Å². The van der Waals surface area contributed by atoms with Gasteiger partial charge in [-0.15, -0.1) is 5.10 Å². The lowest BCUT2D eigenvalue weighted by molar-refractivity contribution is 0.437. The topological polar surface area (TPSA) is 85.5 Å². The van der Waals surface area contributed by atoms with Crippen molar-refractivity contribution in [1.29, 1.82) is 10.7 Å². The number of nitrogens with one attached hydrogen (secondary N) is 2. The van der Waals surface area contributed by atoms with Gasteiger partial charge in [0.15, 0.2) is 0 Å². The average Bonchev–Trinajstić information content (AvgIpc) is 3.05. The van der Waals surface area contributed by atoms with Gasteiger partial charge < -0.3 is 4.74 Å². The number of nitrogens with zero attached hydrogens (tertiary/aromatic N) is 2. The highest BCUT2D eigenvalue weighted by Crippen LogP contribution is 2.49. The molecule has 27 heavy (non-hydrogen) atoms. The molecule has 0 saturated carbocycles. The number of rotatable bonds is 2. The SMILES string of the molecule is Cc1ccc(-c2[nH]nc3c2C(c2c(Cl)cccc2Cl)C(C#N)C(=N)O3)cc1. The summed E-state index contributed by atoms with van der Waals surface area (Å²) in [6, 6.07) is 15.3. The van der Waals surface area contributed by atoms with Crippen molar-refractivity contribution in [2.75, 3.05) is 0 Å². The van der Waals surface area contributed by atoms with E-state index in [1.807, 2.05) is 31.2 Å². The predicted molar refractivity (Wildman–Crippen MR) is 105 cm³/mol. The highest BCUT2D eigenvalue weighted by atomic mass is 35.5. The lowest BCUT2D eigenvalue weighted by Crippen LogP contribution is -2.31. The number of aryl methyl sites for hydroxylation is 1. The van der Waals surface area contributed by atoms with Gasteiger partial charge >= 0.3 is 0 Å². The maximum absolute atomic E-state index is 9.75. The number of aromatic amines is 1. The minimum atomic E-state index is -0.864. The smallest absolute Gasteiger partial charge is 0.244 e. The third kappa shape index (κ3) is 2.87. The maximum atomic E-state index is 9.75. The van der Waals surface area contributed by atoms with Crippen LogP contribution in [0.15, 0.2) is 42.5 Å². The first-order chi connectivity index (χ1) is 13.0. The van der Waals surface area contributed by atoms with Crippen molar-refractivity contribution < 1.29 is 4.74 Å². The second kappa shape index (κ2) is 6.73. The molecule has 134 valence electrons. The molecule has 2 heterocycles. The van der Waals surface area contributed by atoms with Crippen LogP contribution in [0.25, 0.3) is 11.3 Å². The Hall–Kier alpha value is -2.81. The Morgan fingerprint density at radius 1 is 1.11 bits per heavy atom. The molecule has 2 atom stereocenters. The number of H-pyrrole nitrogens is 1. The molecule has 2 aromatic carbocycles. The van der Waals surface area contributed by atoms with Crippen LogP contribution in [-0.4, -0.2) is 16.1 Å². The van der Waals surface area contributed by atoms with Crippen LogP contribution in [0.4, 0.5) is 0 Å². The molecule has 3 aromatic rings. The van der Waals surface area contributed by atoms with E-state index in [2.05, 4.69) is 16.3 Å². The van der Waals surface area contributed by atoms with E-state index in [4.69, 9.17) is 33.3 Å². The first-order valence-corrected chi connectivity index (χ1v) is 9.02. The molecule has 1 aliphatic heterocycles. The van der Waals surface area contributed by atoms with Crippen LogP contribution in [0.3, 0.4) is 0 Å².